The van der Waals surface area contributed by atoms with E-state index in [0.717, 1.165) is 41.5 Å². The minimum absolute atomic E-state index is 0.596. The van der Waals surface area contributed by atoms with E-state index in [0.29, 0.717) is 15.9 Å². The van der Waals surface area contributed by atoms with E-state index >= 15 is 0 Å². The molecule has 0 aliphatic carbocycles. The second-order valence-electron chi connectivity index (χ2n) is 4.90. The van der Waals surface area contributed by atoms with Gasteiger partial charge in [0.25, 0.3) is 0 Å². The molecule has 110 valence electrons. The van der Waals surface area contributed by atoms with Gasteiger partial charge in [-0.1, -0.05) is 30.1 Å². The van der Waals surface area contributed by atoms with Crippen LogP contribution in [-0.4, -0.2) is 16.5 Å². The lowest BCUT2D eigenvalue weighted by Gasteiger charge is -2.11. The smallest absolute Gasteiger partial charge is 0.161 e. The summed E-state index contributed by atoms with van der Waals surface area (Å²) in [5.41, 5.74) is 3.19. The van der Waals surface area contributed by atoms with Gasteiger partial charge in [-0.2, -0.15) is 11.8 Å². The van der Waals surface area contributed by atoms with E-state index in [4.69, 9.17) is 23.2 Å². The fourth-order valence-corrected chi connectivity index (χ4v) is 3.82. The zero-order valence-corrected chi connectivity index (χ0v) is 13.9. The molecule has 6 heteroatoms. The van der Waals surface area contributed by atoms with Crippen molar-refractivity contribution in [1.29, 1.82) is 0 Å². The molecule has 0 fully saturated rings. The van der Waals surface area contributed by atoms with Gasteiger partial charge in [-0.05, 0) is 24.6 Å². The van der Waals surface area contributed by atoms with Gasteiger partial charge in [0.15, 0.2) is 5.82 Å². The molecule has 21 heavy (non-hydrogen) atoms. The fraction of sp³-hybridized carbons (Fsp3) is 0.333. The zero-order chi connectivity index (χ0) is 14.8. The van der Waals surface area contributed by atoms with Crippen molar-refractivity contribution in [3.05, 3.63) is 39.5 Å². The standard InChI is InChI=1S/C15H15Cl2N3S/c1-2-3-18-15-12-7-21-8-13(12)19-14(20-15)9-4-10(16)6-11(17)5-9/h4-6H,2-3,7-8H2,1H3,(H,18,19,20). The van der Waals surface area contributed by atoms with Crippen LogP contribution >= 0.6 is 35.0 Å². The van der Waals surface area contributed by atoms with E-state index in [9.17, 15) is 0 Å². The van der Waals surface area contributed by atoms with Crippen molar-refractivity contribution < 1.29 is 0 Å². The van der Waals surface area contributed by atoms with E-state index in [-0.39, 0.29) is 0 Å². The summed E-state index contributed by atoms with van der Waals surface area (Å²) in [6, 6.07) is 5.41. The number of anilines is 1. The van der Waals surface area contributed by atoms with E-state index in [1.54, 1.807) is 6.07 Å². The van der Waals surface area contributed by atoms with Crippen molar-refractivity contribution in [1.82, 2.24) is 9.97 Å². The van der Waals surface area contributed by atoms with Crippen LogP contribution < -0.4 is 5.32 Å². The quantitative estimate of drug-likeness (QED) is 0.848. The van der Waals surface area contributed by atoms with Gasteiger partial charge in [-0.25, -0.2) is 9.97 Å². The first-order valence-corrected chi connectivity index (χ1v) is 8.76. The van der Waals surface area contributed by atoms with Crippen molar-refractivity contribution >= 4 is 40.8 Å². The molecule has 1 N–H and O–H groups in total. The predicted octanol–water partition coefficient (Wildman–Crippen LogP) is 5.02. The number of thioether (sulfide) groups is 1. The molecule has 1 aliphatic rings. The number of aromatic nitrogens is 2. The van der Waals surface area contributed by atoms with Crippen LogP contribution in [0.25, 0.3) is 11.4 Å². The predicted molar refractivity (Wildman–Crippen MR) is 91.3 cm³/mol. The van der Waals surface area contributed by atoms with Gasteiger partial charge in [-0.3, -0.25) is 0 Å². The third-order valence-electron chi connectivity index (χ3n) is 3.24. The number of fused-ring (bicyclic) bond motifs is 1. The van der Waals surface area contributed by atoms with Crippen molar-refractivity contribution in [3.63, 3.8) is 0 Å². The Morgan fingerprint density at radius 3 is 2.62 bits per heavy atom. The Hall–Kier alpha value is -0.970. The average Bonchev–Trinajstić information content (AvgIpc) is 2.92. The Kier molecular flexibility index (Phi) is 4.57. The molecule has 0 spiro atoms. The van der Waals surface area contributed by atoms with Gasteiger partial charge >= 0.3 is 0 Å². The van der Waals surface area contributed by atoms with Crippen molar-refractivity contribution in [2.45, 2.75) is 24.9 Å². The minimum atomic E-state index is 0.596. The summed E-state index contributed by atoms with van der Waals surface area (Å²) in [4.78, 5) is 9.37. The van der Waals surface area contributed by atoms with Crippen LogP contribution in [0.4, 0.5) is 5.82 Å². The van der Waals surface area contributed by atoms with Crippen LogP contribution in [0.3, 0.4) is 0 Å². The summed E-state index contributed by atoms with van der Waals surface area (Å²) < 4.78 is 0. The van der Waals surface area contributed by atoms with E-state index < -0.39 is 0 Å². The van der Waals surface area contributed by atoms with Crippen LogP contribution in [0.15, 0.2) is 18.2 Å². The molecule has 0 amide bonds. The monoisotopic (exact) mass is 339 g/mol. The number of nitrogens with one attached hydrogen (secondary N) is 1. The second-order valence-corrected chi connectivity index (χ2v) is 6.76. The van der Waals surface area contributed by atoms with Crippen LogP contribution in [0.5, 0.6) is 0 Å². The highest BCUT2D eigenvalue weighted by atomic mass is 35.5. The summed E-state index contributed by atoms with van der Waals surface area (Å²) in [5.74, 6) is 3.52. The Bertz CT molecular complexity index is 656. The number of benzene rings is 1. The number of hydrogen-bond donors (Lipinski definition) is 1. The summed E-state index contributed by atoms with van der Waals surface area (Å²) in [7, 11) is 0. The molecule has 2 heterocycles. The van der Waals surface area contributed by atoms with Crippen LogP contribution in [-0.2, 0) is 11.5 Å². The molecule has 1 aromatic heterocycles. The van der Waals surface area contributed by atoms with Crippen LogP contribution in [0.1, 0.15) is 24.6 Å². The highest BCUT2D eigenvalue weighted by Crippen LogP contribution is 2.35. The molecule has 1 aliphatic heterocycles. The zero-order valence-electron chi connectivity index (χ0n) is 11.6. The lowest BCUT2D eigenvalue weighted by molar-refractivity contribution is 0.955. The van der Waals surface area contributed by atoms with Crippen LogP contribution in [0, 0.1) is 0 Å². The first-order chi connectivity index (χ1) is 10.2. The van der Waals surface area contributed by atoms with Gasteiger partial charge in [0.05, 0.1) is 5.69 Å². The first kappa shape index (κ1) is 14.9. The number of halogens is 2. The molecular weight excluding hydrogens is 325 g/mol. The molecule has 0 radical (unpaired) electrons. The van der Waals surface area contributed by atoms with Crippen molar-refractivity contribution in [2.24, 2.45) is 0 Å². The van der Waals surface area contributed by atoms with Crippen LogP contribution in [0.2, 0.25) is 10.0 Å². The highest BCUT2D eigenvalue weighted by molar-refractivity contribution is 7.98. The van der Waals surface area contributed by atoms with E-state index in [2.05, 4.69) is 22.2 Å². The number of rotatable bonds is 4. The maximum absolute atomic E-state index is 6.08. The molecule has 0 bridgehead atoms. The third kappa shape index (κ3) is 3.28. The average molecular weight is 340 g/mol. The topological polar surface area (TPSA) is 37.8 Å². The molecule has 0 unspecified atom stereocenters. The van der Waals surface area contributed by atoms with E-state index in [1.165, 1.54) is 5.56 Å². The van der Waals surface area contributed by atoms with Crippen molar-refractivity contribution in [2.75, 3.05) is 11.9 Å². The van der Waals surface area contributed by atoms with E-state index in [1.807, 2.05) is 23.9 Å². The van der Waals surface area contributed by atoms with Gasteiger partial charge in [0.1, 0.15) is 5.82 Å². The van der Waals surface area contributed by atoms with Gasteiger partial charge < -0.3 is 5.32 Å². The van der Waals surface area contributed by atoms with Gasteiger partial charge in [-0.15, -0.1) is 0 Å². The molecule has 0 saturated carbocycles. The summed E-state index contributed by atoms with van der Waals surface area (Å²) in [6.07, 6.45) is 1.06. The largest absolute Gasteiger partial charge is 0.370 e. The molecule has 0 atom stereocenters. The first-order valence-electron chi connectivity index (χ1n) is 6.85. The molecular formula is C15H15Cl2N3S. The molecule has 0 saturated heterocycles. The lowest BCUT2D eigenvalue weighted by atomic mass is 10.2. The summed E-state index contributed by atoms with van der Waals surface area (Å²) in [5, 5.41) is 4.60. The second kappa shape index (κ2) is 6.42. The SMILES string of the molecule is CCCNc1nc(-c2cc(Cl)cc(Cl)c2)nc2c1CSC2. The Morgan fingerprint density at radius 1 is 1.14 bits per heavy atom. The van der Waals surface area contributed by atoms with Crippen molar-refractivity contribution in [3.8, 4) is 11.4 Å². The normalized spacial score (nSPS) is 13.3. The maximum Gasteiger partial charge on any atom is 0.161 e. The highest BCUT2D eigenvalue weighted by Gasteiger charge is 2.20. The minimum Gasteiger partial charge on any atom is -0.370 e. The van der Waals surface area contributed by atoms with Gasteiger partial charge in [0, 0.05) is 39.2 Å². The third-order valence-corrected chi connectivity index (χ3v) is 4.65. The van der Waals surface area contributed by atoms with Gasteiger partial charge in [0.2, 0.25) is 0 Å². The Balaban J connectivity index is 2.06. The lowest BCUT2D eigenvalue weighted by Crippen LogP contribution is -2.08. The Labute approximate surface area is 138 Å². The molecule has 3 nitrogen and oxygen atoms in total. The number of hydrogen-bond acceptors (Lipinski definition) is 4. The summed E-state index contributed by atoms with van der Waals surface area (Å²) in [6.45, 7) is 3.05. The number of nitrogens with zero attached hydrogens (tertiary/aromatic N) is 2. The molecule has 2 aromatic rings. The fourth-order valence-electron chi connectivity index (χ4n) is 2.25. The Morgan fingerprint density at radius 2 is 1.90 bits per heavy atom. The summed E-state index contributed by atoms with van der Waals surface area (Å²) >= 11 is 14.0. The maximum atomic E-state index is 6.08. The molecule has 3 rings (SSSR count). The molecule has 1 aromatic carbocycles.